The summed E-state index contributed by atoms with van der Waals surface area (Å²) in [5.41, 5.74) is 1.98. The molecule has 0 aliphatic carbocycles. The molecule has 1 aliphatic heterocycles. The number of hydrogen-bond acceptors (Lipinski definition) is 2. The fraction of sp³-hybridized carbons (Fsp3) is 0.100. The highest BCUT2D eigenvalue weighted by atomic mass is 16.5. The van der Waals surface area contributed by atoms with Gasteiger partial charge in [-0.25, -0.2) is 0 Å². The van der Waals surface area contributed by atoms with Gasteiger partial charge in [-0.15, -0.1) is 6.58 Å². The Hall–Kier alpha value is -2.52. The third-order valence-corrected chi connectivity index (χ3v) is 4.45. The lowest BCUT2D eigenvalue weighted by molar-refractivity contribution is 0.103. The Bertz CT molecular complexity index is 927. The average Bonchev–Trinajstić information content (AvgIpc) is 2.61. The van der Waals surface area contributed by atoms with E-state index in [1.54, 1.807) is 13.2 Å². The average molecular weight is 298 g/mol. The molecule has 0 aromatic heterocycles. The lowest BCUT2D eigenvalue weighted by atomic mass is 9.74. The van der Waals surface area contributed by atoms with Gasteiger partial charge in [0.15, 0.2) is 0 Å². The Morgan fingerprint density at radius 1 is 1.04 bits per heavy atom. The summed E-state index contributed by atoms with van der Waals surface area (Å²) < 4.78 is 11.5. The summed E-state index contributed by atoms with van der Waals surface area (Å²) in [6.45, 7) is 3.79. The van der Waals surface area contributed by atoms with Crippen molar-refractivity contribution in [2.45, 2.75) is 5.50 Å². The summed E-state index contributed by atoms with van der Waals surface area (Å²) in [5.74, 6) is 1.70. The van der Waals surface area contributed by atoms with Crippen molar-refractivity contribution < 1.29 is 9.47 Å². The lowest BCUT2D eigenvalue weighted by Crippen LogP contribution is -2.25. The van der Waals surface area contributed by atoms with Crippen molar-refractivity contribution >= 4 is 18.6 Å². The van der Waals surface area contributed by atoms with Crippen molar-refractivity contribution in [1.82, 2.24) is 0 Å². The Labute approximate surface area is 136 Å². The molecule has 2 nitrogen and oxygen atoms in total. The first-order valence-corrected chi connectivity index (χ1v) is 7.48. The minimum absolute atomic E-state index is 0.822. The lowest BCUT2D eigenvalue weighted by Gasteiger charge is -2.28. The molecule has 1 aliphatic rings. The van der Waals surface area contributed by atoms with Crippen molar-refractivity contribution in [2.24, 2.45) is 0 Å². The van der Waals surface area contributed by atoms with E-state index in [9.17, 15) is 0 Å². The van der Waals surface area contributed by atoms with Crippen LogP contribution in [-0.4, -0.2) is 15.0 Å². The van der Waals surface area contributed by atoms with E-state index in [2.05, 4.69) is 30.8 Å². The molecule has 110 valence electrons. The number of ether oxygens (including phenoxy) is 2. The summed E-state index contributed by atoms with van der Waals surface area (Å²) >= 11 is 0. The maximum Gasteiger partial charge on any atom is 0.135 e. The second-order valence-corrected chi connectivity index (χ2v) is 5.67. The van der Waals surface area contributed by atoms with Crippen LogP contribution >= 0.6 is 0 Å². The molecule has 3 aromatic rings. The Morgan fingerprint density at radius 3 is 2.57 bits per heavy atom. The van der Waals surface area contributed by atoms with Crippen LogP contribution in [-0.2, 0) is 10.2 Å². The van der Waals surface area contributed by atoms with Gasteiger partial charge in [0.2, 0.25) is 0 Å². The number of benzene rings is 3. The Kier molecular flexibility index (Phi) is 3.07. The quantitative estimate of drug-likeness (QED) is 0.401. The van der Waals surface area contributed by atoms with Crippen molar-refractivity contribution in [3.8, 4) is 22.6 Å². The standard InChI is InChI=1S/C20H15BO2/c1-3-20(21,22-2)14-10-11-17-16(12-14)15-8-4-6-13-7-5-9-18(23-17)19(13)15/h3-12H,1H2,2H3. The molecule has 23 heavy (non-hydrogen) atoms. The number of rotatable bonds is 3. The van der Waals surface area contributed by atoms with E-state index < -0.39 is 5.50 Å². The molecule has 4 rings (SSSR count). The van der Waals surface area contributed by atoms with Crippen LogP contribution in [0.1, 0.15) is 5.56 Å². The van der Waals surface area contributed by atoms with Crippen LogP contribution in [0.25, 0.3) is 21.9 Å². The molecule has 3 aromatic carbocycles. The molecule has 0 amide bonds. The van der Waals surface area contributed by atoms with E-state index in [1.165, 1.54) is 0 Å². The number of hydrogen-bond donors (Lipinski definition) is 0. The van der Waals surface area contributed by atoms with Crippen molar-refractivity contribution in [2.75, 3.05) is 7.11 Å². The highest BCUT2D eigenvalue weighted by molar-refractivity contribution is 6.16. The van der Waals surface area contributed by atoms with Crippen LogP contribution in [0, 0.1) is 0 Å². The molecule has 0 saturated heterocycles. The molecule has 0 saturated carbocycles. The van der Waals surface area contributed by atoms with Gasteiger partial charge in [0, 0.05) is 18.1 Å². The summed E-state index contributed by atoms with van der Waals surface area (Å²) in [6, 6.07) is 18.2. The van der Waals surface area contributed by atoms with Crippen molar-refractivity contribution in [3.63, 3.8) is 0 Å². The van der Waals surface area contributed by atoms with Crippen molar-refractivity contribution in [1.29, 1.82) is 0 Å². The maximum atomic E-state index is 6.26. The normalized spacial score (nSPS) is 14.7. The summed E-state index contributed by atoms with van der Waals surface area (Å²) in [4.78, 5) is 0. The van der Waals surface area contributed by atoms with Crippen molar-refractivity contribution in [3.05, 3.63) is 72.8 Å². The molecular formula is C20H15BO2. The molecule has 1 atom stereocenters. The van der Waals surface area contributed by atoms with Gasteiger partial charge in [-0.3, -0.25) is 0 Å². The zero-order valence-corrected chi connectivity index (χ0v) is 12.9. The third kappa shape index (κ3) is 2.01. The molecule has 0 N–H and O–H groups in total. The monoisotopic (exact) mass is 298 g/mol. The van der Waals surface area contributed by atoms with Gasteiger partial charge < -0.3 is 9.47 Å². The number of methoxy groups -OCH3 is 1. The summed E-state index contributed by atoms with van der Waals surface area (Å²) in [5, 5.41) is 2.28. The second-order valence-electron chi connectivity index (χ2n) is 5.67. The van der Waals surface area contributed by atoms with Gasteiger partial charge in [0.1, 0.15) is 19.3 Å². The third-order valence-electron chi connectivity index (χ3n) is 4.45. The molecular weight excluding hydrogens is 283 g/mol. The highest BCUT2D eigenvalue weighted by Crippen LogP contribution is 2.47. The molecule has 0 fully saturated rings. The predicted molar refractivity (Wildman–Crippen MR) is 94.1 cm³/mol. The minimum atomic E-state index is -1.01. The van der Waals surface area contributed by atoms with Crippen LogP contribution in [0.15, 0.2) is 67.3 Å². The maximum absolute atomic E-state index is 6.26. The van der Waals surface area contributed by atoms with E-state index in [0.717, 1.165) is 39.0 Å². The van der Waals surface area contributed by atoms with Crippen LogP contribution in [0.3, 0.4) is 0 Å². The van der Waals surface area contributed by atoms with Gasteiger partial charge in [0.25, 0.3) is 0 Å². The molecule has 1 unspecified atom stereocenters. The van der Waals surface area contributed by atoms with Gasteiger partial charge in [-0.2, -0.15) is 0 Å². The van der Waals surface area contributed by atoms with Gasteiger partial charge >= 0.3 is 0 Å². The fourth-order valence-electron chi connectivity index (χ4n) is 3.13. The SMILES string of the molecule is [B]C(C=C)(OC)c1ccc2c(c1)-c1cccc3cccc(c13)O2. The second kappa shape index (κ2) is 5.00. The largest absolute Gasteiger partial charge is 0.456 e. The molecule has 0 spiro atoms. The smallest absolute Gasteiger partial charge is 0.135 e. The van der Waals surface area contributed by atoms with Gasteiger partial charge in [-0.1, -0.05) is 42.5 Å². The van der Waals surface area contributed by atoms with E-state index in [1.807, 2.05) is 30.3 Å². The molecule has 1 heterocycles. The van der Waals surface area contributed by atoms with Crippen LogP contribution in [0.2, 0.25) is 0 Å². The zero-order chi connectivity index (χ0) is 16.0. The van der Waals surface area contributed by atoms with E-state index in [-0.39, 0.29) is 0 Å². The first-order valence-electron chi connectivity index (χ1n) is 7.48. The first-order chi connectivity index (χ1) is 11.2. The topological polar surface area (TPSA) is 18.5 Å². The van der Waals surface area contributed by atoms with Gasteiger partial charge in [-0.05, 0) is 34.7 Å². The van der Waals surface area contributed by atoms with Crippen LogP contribution in [0.5, 0.6) is 11.5 Å². The van der Waals surface area contributed by atoms with Crippen LogP contribution < -0.4 is 4.74 Å². The number of fused-ring (bicyclic) bond motifs is 2. The van der Waals surface area contributed by atoms with E-state index in [4.69, 9.17) is 17.3 Å². The van der Waals surface area contributed by atoms with E-state index >= 15 is 0 Å². The first kappa shape index (κ1) is 14.1. The predicted octanol–water partition coefficient (Wildman–Crippen LogP) is 4.77. The highest BCUT2D eigenvalue weighted by Gasteiger charge is 2.25. The summed E-state index contributed by atoms with van der Waals surface area (Å²) in [6.07, 6.45) is 1.60. The Morgan fingerprint density at radius 2 is 1.83 bits per heavy atom. The zero-order valence-electron chi connectivity index (χ0n) is 12.9. The van der Waals surface area contributed by atoms with Crippen LogP contribution in [0.4, 0.5) is 0 Å². The molecule has 3 heteroatoms. The van der Waals surface area contributed by atoms with E-state index in [0.29, 0.717) is 0 Å². The summed E-state index contributed by atoms with van der Waals surface area (Å²) in [7, 11) is 7.84. The fourth-order valence-corrected chi connectivity index (χ4v) is 3.13. The van der Waals surface area contributed by atoms with Gasteiger partial charge in [0.05, 0.1) is 5.50 Å². The molecule has 0 bridgehead atoms. The molecule has 2 radical (unpaired) electrons. The Balaban J connectivity index is 2.00. The minimum Gasteiger partial charge on any atom is -0.456 e.